The average molecular weight is 259 g/mol. The predicted octanol–water partition coefficient (Wildman–Crippen LogP) is 2.56. The molecular weight excluding hydrogens is 238 g/mol. The third kappa shape index (κ3) is 2.66. The van der Waals surface area contributed by atoms with E-state index < -0.39 is 11.4 Å². The quantitative estimate of drug-likeness (QED) is 0.883. The second kappa shape index (κ2) is 4.97. The van der Waals surface area contributed by atoms with Gasteiger partial charge in [0.1, 0.15) is 0 Å². The molecule has 102 valence electrons. The molecule has 0 bridgehead atoms. The Bertz CT molecular complexity index is 453. The van der Waals surface area contributed by atoms with Crippen molar-refractivity contribution in [3.05, 3.63) is 35.9 Å². The molecule has 1 N–H and O–H groups in total. The number of carboxylic acid groups (broad SMARTS) is 1. The molecule has 2 fully saturated rings. The van der Waals surface area contributed by atoms with Crippen molar-refractivity contribution in [2.45, 2.75) is 38.1 Å². The number of rotatable bonds is 5. The third-order valence-electron chi connectivity index (χ3n) is 4.63. The van der Waals surface area contributed by atoms with Gasteiger partial charge in [-0.15, -0.1) is 0 Å². The Morgan fingerprint density at radius 3 is 2.68 bits per heavy atom. The zero-order chi connectivity index (χ0) is 13.3. The van der Waals surface area contributed by atoms with Gasteiger partial charge in [0, 0.05) is 12.6 Å². The Labute approximate surface area is 114 Å². The van der Waals surface area contributed by atoms with Gasteiger partial charge < -0.3 is 5.11 Å². The summed E-state index contributed by atoms with van der Waals surface area (Å²) in [6.07, 6.45) is 5.17. The zero-order valence-corrected chi connectivity index (χ0v) is 11.2. The second-order valence-corrected chi connectivity index (χ2v) is 6.04. The molecule has 3 nitrogen and oxygen atoms in total. The third-order valence-corrected chi connectivity index (χ3v) is 4.63. The number of carbonyl (C=O) groups is 1. The fraction of sp³-hybridized carbons (Fsp3) is 0.562. The molecule has 1 unspecified atom stereocenters. The van der Waals surface area contributed by atoms with Crippen molar-refractivity contribution in [2.24, 2.45) is 5.41 Å². The molecular formula is C16H21NO2. The SMILES string of the molecule is O=C(O)C1(CN2CCCC2Cc2ccccc2)CC1. The molecule has 1 heterocycles. The molecule has 0 radical (unpaired) electrons. The van der Waals surface area contributed by atoms with E-state index in [1.54, 1.807) is 0 Å². The molecule has 3 heteroatoms. The summed E-state index contributed by atoms with van der Waals surface area (Å²) in [4.78, 5) is 13.7. The number of hydrogen-bond donors (Lipinski definition) is 1. The molecule has 1 saturated heterocycles. The lowest BCUT2D eigenvalue weighted by molar-refractivity contribution is -0.144. The Morgan fingerprint density at radius 2 is 2.05 bits per heavy atom. The standard InChI is InChI=1S/C16H21NO2/c18-15(19)16(8-9-16)12-17-10-4-7-14(17)11-13-5-2-1-3-6-13/h1-3,5-6,14H,4,7-12H2,(H,18,19). The van der Waals surface area contributed by atoms with Gasteiger partial charge in [0.25, 0.3) is 0 Å². The molecule has 0 spiro atoms. The minimum absolute atomic E-state index is 0.417. The molecule has 1 atom stereocenters. The first-order chi connectivity index (χ1) is 9.20. The maximum absolute atomic E-state index is 11.3. The lowest BCUT2D eigenvalue weighted by atomic mass is 10.0. The fourth-order valence-electron chi connectivity index (χ4n) is 3.20. The van der Waals surface area contributed by atoms with Crippen molar-refractivity contribution in [3.8, 4) is 0 Å². The van der Waals surface area contributed by atoms with Crippen LogP contribution in [0.15, 0.2) is 30.3 Å². The summed E-state index contributed by atoms with van der Waals surface area (Å²) in [6, 6.07) is 11.1. The molecule has 1 aromatic carbocycles. The topological polar surface area (TPSA) is 40.5 Å². The maximum Gasteiger partial charge on any atom is 0.310 e. The van der Waals surface area contributed by atoms with Gasteiger partial charge in [-0.3, -0.25) is 9.69 Å². The van der Waals surface area contributed by atoms with Crippen LogP contribution in [0.2, 0.25) is 0 Å². The number of nitrogens with zero attached hydrogens (tertiary/aromatic N) is 1. The van der Waals surface area contributed by atoms with Crippen molar-refractivity contribution >= 4 is 5.97 Å². The van der Waals surface area contributed by atoms with E-state index in [1.165, 1.54) is 18.4 Å². The summed E-state index contributed by atoms with van der Waals surface area (Å²) in [6.45, 7) is 1.81. The van der Waals surface area contributed by atoms with Crippen LogP contribution in [-0.2, 0) is 11.2 Å². The maximum atomic E-state index is 11.3. The number of hydrogen-bond acceptors (Lipinski definition) is 2. The highest BCUT2D eigenvalue weighted by Gasteiger charge is 2.52. The minimum atomic E-state index is -0.599. The van der Waals surface area contributed by atoms with Gasteiger partial charge in [0.05, 0.1) is 5.41 Å². The highest BCUT2D eigenvalue weighted by atomic mass is 16.4. The Morgan fingerprint density at radius 1 is 1.32 bits per heavy atom. The largest absolute Gasteiger partial charge is 0.481 e. The van der Waals surface area contributed by atoms with Gasteiger partial charge in [-0.2, -0.15) is 0 Å². The smallest absolute Gasteiger partial charge is 0.310 e. The summed E-state index contributed by atoms with van der Waals surface area (Å²) < 4.78 is 0. The molecule has 0 aromatic heterocycles. The molecule has 2 aliphatic rings. The van der Waals surface area contributed by atoms with Gasteiger partial charge >= 0.3 is 5.97 Å². The molecule has 19 heavy (non-hydrogen) atoms. The number of likely N-dealkylation sites (tertiary alicyclic amines) is 1. The predicted molar refractivity (Wildman–Crippen MR) is 74.0 cm³/mol. The van der Waals surface area contributed by atoms with Crippen LogP contribution in [-0.4, -0.2) is 35.1 Å². The Kier molecular flexibility index (Phi) is 3.31. The second-order valence-electron chi connectivity index (χ2n) is 6.04. The van der Waals surface area contributed by atoms with Crippen molar-refractivity contribution in [3.63, 3.8) is 0 Å². The van der Waals surface area contributed by atoms with Crippen molar-refractivity contribution < 1.29 is 9.90 Å². The van der Waals surface area contributed by atoms with E-state index in [1.807, 2.05) is 6.07 Å². The van der Waals surface area contributed by atoms with Crippen LogP contribution in [0.25, 0.3) is 0 Å². The lowest BCUT2D eigenvalue weighted by Crippen LogP contribution is -2.38. The average Bonchev–Trinajstić information content (AvgIpc) is 3.07. The lowest BCUT2D eigenvalue weighted by Gasteiger charge is -2.27. The number of benzene rings is 1. The van der Waals surface area contributed by atoms with Gasteiger partial charge in [-0.25, -0.2) is 0 Å². The molecule has 1 saturated carbocycles. The van der Waals surface area contributed by atoms with Crippen LogP contribution >= 0.6 is 0 Å². The molecule has 1 aromatic rings. The normalized spacial score (nSPS) is 25.4. The Hall–Kier alpha value is -1.35. The van der Waals surface area contributed by atoms with E-state index in [-0.39, 0.29) is 0 Å². The van der Waals surface area contributed by atoms with E-state index >= 15 is 0 Å². The summed E-state index contributed by atoms with van der Waals surface area (Å²) in [7, 11) is 0. The van der Waals surface area contributed by atoms with Crippen molar-refractivity contribution in [1.82, 2.24) is 4.90 Å². The fourth-order valence-corrected chi connectivity index (χ4v) is 3.20. The highest BCUT2D eigenvalue weighted by molar-refractivity contribution is 5.78. The molecule has 0 amide bonds. The summed E-state index contributed by atoms with van der Waals surface area (Å²) in [5.74, 6) is -0.599. The Balaban J connectivity index is 1.64. The van der Waals surface area contributed by atoms with E-state index in [2.05, 4.69) is 29.2 Å². The molecule has 1 aliphatic carbocycles. The number of aliphatic carboxylic acids is 1. The van der Waals surface area contributed by atoms with Crippen LogP contribution in [0.5, 0.6) is 0 Å². The molecule has 3 rings (SSSR count). The first-order valence-corrected chi connectivity index (χ1v) is 7.21. The monoisotopic (exact) mass is 259 g/mol. The van der Waals surface area contributed by atoms with Crippen molar-refractivity contribution in [1.29, 1.82) is 0 Å². The van der Waals surface area contributed by atoms with Gasteiger partial charge in [0.15, 0.2) is 0 Å². The first-order valence-electron chi connectivity index (χ1n) is 7.21. The highest BCUT2D eigenvalue weighted by Crippen LogP contribution is 2.47. The van der Waals surface area contributed by atoms with Gasteiger partial charge in [-0.1, -0.05) is 30.3 Å². The summed E-state index contributed by atoms with van der Waals surface area (Å²) in [5, 5.41) is 9.31. The van der Waals surface area contributed by atoms with Crippen LogP contribution in [0.3, 0.4) is 0 Å². The molecule has 1 aliphatic heterocycles. The summed E-state index contributed by atoms with van der Waals surface area (Å²) in [5.41, 5.74) is 0.943. The van der Waals surface area contributed by atoms with Crippen LogP contribution in [0.4, 0.5) is 0 Å². The van der Waals surface area contributed by atoms with Crippen LogP contribution in [0, 0.1) is 5.41 Å². The van der Waals surface area contributed by atoms with E-state index in [0.717, 1.165) is 32.4 Å². The first kappa shape index (κ1) is 12.7. The van der Waals surface area contributed by atoms with E-state index in [9.17, 15) is 9.90 Å². The number of carboxylic acids is 1. The van der Waals surface area contributed by atoms with Gasteiger partial charge in [0.2, 0.25) is 0 Å². The van der Waals surface area contributed by atoms with Crippen molar-refractivity contribution in [2.75, 3.05) is 13.1 Å². The minimum Gasteiger partial charge on any atom is -0.481 e. The van der Waals surface area contributed by atoms with Crippen LogP contribution < -0.4 is 0 Å². The van der Waals surface area contributed by atoms with E-state index in [0.29, 0.717) is 6.04 Å². The van der Waals surface area contributed by atoms with E-state index in [4.69, 9.17) is 0 Å². The zero-order valence-electron chi connectivity index (χ0n) is 11.2. The van der Waals surface area contributed by atoms with Gasteiger partial charge in [-0.05, 0) is 44.2 Å². The van der Waals surface area contributed by atoms with Crippen LogP contribution in [0.1, 0.15) is 31.2 Å². The summed E-state index contributed by atoms with van der Waals surface area (Å²) >= 11 is 0.